The van der Waals surface area contributed by atoms with Crippen molar-refractivity contribution in [3.05, 3.63) is 65.8 Å². The van der Waals surface area contributed by atoms with Gasteiger partial charge in [-0.15, -0.1) is 0 Å². The number of esters is 2. The van der Waals surface area contributed by atoms with Crippen LogP contribution >= 0.6 is 0 Å². The Hall–Kier alpha value is -2.88. The fraction of sp³-hybridized carbons (Fsp3) is 0.200. The van der Waals surface area contributed by atoms with Gasteiger partial charge in [0.15, 0.2) is 0 Å². The van der Waals surface area contributed by atoms with E-state index in [9.17, 15) is 9.59 Å². The van der Waals surface area contributed by atoms with Gasteiger partial charge in [0.05, 0.1) is 0 Å². The first-order valence-corrected chi connectivity index (χ1v) is 8.00. The Morgan fingerprint density at radius 3 is 2.33 bits per heavy atom. The highest BCUT2D eigenvalue weighted by molar-refractivity contribution is 6.15. The molecule has 4 rings (SSSR count). The zero-order chi connectivity index (χ0) is 16.6. The molecule has 0 unspecified atom stereocenters. The summed E-state index contributed by atoms with van der Waals surface area (Å²) in [6.45, 7) is 0. The molecule has 1 heterocycles. The van der Waals surface area contributed by atoms with E-state index in [1.54, 1.807) is 6.08 Å². The monoisotopic (exact) mass is 320 g/mol. The van der Waals surface area contributed by atoms with Gasteiger partial charge in [0.2, 0.25) is 0 Å². The number of hydrogen-bond acceptors (Lipinski definition) is 4. The summed E-state index contributed by atoms with van der Waals surface area (Å²) in [5.74, 6) is -2.20. The first kappa shape index (κ1) is 14.7. The molecule has 1 aliphatic heterocycles. The van der Waals surface area contributed by atoms with Crippen LogP contribution in [-0.2, 0) is 19.1 Å². The Bertz CT molecular complexity index is 860. The highest BCUT2D eigenvalue weighted by Crippen LogP contribution is 2.40. The van der Waals surface area contributed by atoms with Crippen LogP contribution in [0.4, 0.5) is 0 Å². The van der Waals surface area contributed by atoms with Crippen LogP contribution in [-0.4, -0.2) is 17.7 Å². The fourth-order valence-electron chi connectivity index (χ4n) is 3.00. The molecule has 1 spiro atoms. The predicted molar refractivity (Wildman–Crippen MR) is 89.8 cm³/mol. The van der Waals surface area contributed by atoms with Crippen LogP contribution in [0.15, 0.2) is 60.2 Å². The number of carbonyl (C=O) groups excluding carboxylic acids is 2. The molecule has 0 radical (unpaired) electrons. The summed E-state index contributed by atoms with van der Waals surface area (Å²) in [5, 5.41) is 2.24. The number of rotatable bonds is 2. The van der Waals surface area contributed by atoms with Crippen LogP contribution in [0.1, 0.15) is 24.8 Å². The van der Waals surface area contributed by atoms with Gasteiger partial charge in [0.1, 0.15) is 5.57 Å². The molecule has 0 aromatic heterocycles. The molecule has 1 saturated heterocycles. The molecule has 2 aromatic rings. The molecule has 120 valence electrons. The summed E-state index contributed by atoms with van der Waals surface area (Å²) in [6, 6.07) is 14.0. The van der Waals surface area contributed by atoms with Crippen LogP contribution in [0.5, 0.6) is 0 Å². The number of ether oxygens (including phenoxy) is 2. The summed E-state index contributed by atoms with van der Waals surface area (Å²) in [4.78, 5) is 24.1. The number of allylic oxidation sites excluding steroid dienone is 2. The third-order valence-corrected chi connectivity index (χ3v) is 4.47. The molecule has 4 heteroatoms. The van der Waals surface area contributed by atoms with Crippen molar-refractivity contribution in [1.29, 1.82) is 0 Å². The van der Waals surface area contributed by atoms with E-state index >= 15 is 0 Å². The average molecular weight is 320 g/mol. The Balaban J connectivity index is 1.59. The van der Waals surface area contributed by atoms with Crippen LogP contribution in [0.25, 0.3) is 16.8 Å². The van der Waals surface area contributed by atoms with Crippen molar-refractivity contribution < 1.29 is 19.1 Å². The Morgan fingerprint density at radius 1 is 0.917 bits per heavy atom. The quantitative estimate of drug-likeness (QED) is 0.480. The van der Waals surface area contributed by atoms with E-state index in [2.05, 4.69) is 0 Å². The summed E-state index contributed by atoms with van der Waals surface area (Å²) in [5.41, 5.74) is 0.946. The first-order chi connectivity index (χ1) is 11.7. The van der Waals surface area contributed by atoms with Crippen LogP contribution in [0.3, 0.4) is 0 Å². The fourth-order valence-corrected chi connectivity index (χ4v) is 3.00. The van der Waals surface area contributed by atoms with E-state index < -0.39 is 17.7 Å². The van der Waals surface area contributed by atoms with Gasteiger partial charge >= 0.3 is 11.9 Å². The normalized spacial score (nSPS) is 19.2. The largest absolute Gasteiger partial charge is 0.419 e. The van der Waals surface area contributed by atoms with Crippen molar-refractivity contribution >= 4 is 28.8 Å². The van der Waals surface area contributed by atoms with Crippen molar-refractivity contribution in [1.82, 2.24) is 0 Å². The number of carbonyl (C=O) groups is 2. The summed E-state index contributed by atoms with van der Waals surface area (Å²) in [7, 11) is 0. The molecule has 1 saturated carbocycles. The smallest absolute Gasteiger partial charge is 0.348 e. The van der Waals surface area contributed by atoms with Gasteiger partial charge in [0.25, 0.3) is 5.79 Å². The van der Waals surface area contributed by atoms with E-state index in [1.165, 1.54) is 6.08 Å². The third kappa shape index (κ3) is 2.50. The maximum Gasteiger partial charge on any atom is 0.348 e. The molecule has 2 fully saturated rings. The zero-order valence-corrected chi connectivity index (χ0v) is 13.0. The van der Waals surface area contributed by atoms with Gasteiger partial charge in [-0.3, -0.25) is 0 Å². The molecule has 1 aliphatic carbocycles. The summed E-state index contributed by atoms with van der Waals surface area (Å²) >= 11 is 0. The average Bonchev–Trinajstić information content (AvgIpc) is 2.56. The number of hydrogen-bond donors (Lipinski definition) is 0. The molecule has 2 aliphatic rings. The van der Waals surface area contributed by atoms with Gasteiger partial charge in [-0.2, -0.15) is 0 Å². The topological polar surface area (TPSA) is 52.6 Å². The van der Waals surface area contributed by atoms with E-state index in [0.29, 0.717) is 12.8 Å². The maximum absolute atomic E-state index is 12.0. The van der Waals surface area contributed by atoms with Gasteiger partial charge in [-0.1, -0.05) is 54.6 Å². The van der Waals surface area contributed by atoms with E-state index in [0.717, 1.165) is 22.8 Å². The number of fused-ring (bicyclic) bond motifs is 1. The van der Waals surface area contributed by atoms with E-state index in [1.807, 2.05) is 48.5 Å². The van der Waals surface area contributed by atoms with Crippen molar-refractivity contribution in [2.45, 2.75) is 25.0 Å². The minimum atomic E-state index is -0.995. The van der Waals surface area contributed by atoms with Gasteiger partial charge in [-0.25, -0.2) is 9.59 Å². The van der Waals surface area contributed by atoms with Crippen molar-refractivity contribution in [2.75, 3.05) is 0 Å². The minimum absolute atomic E-state index is 0.0657. The Labute approximate surface area is 139 Å². The Kier molecular flexibility index (Phi) is 3.45. The molecule has 0 amide bonds. The van der Waals surface area contributed by atoms with E-state index in [-0.39, 0.29) is 5.57 Å². The van der Waals surface area contributed by atoms with Crippen molar-refractivity contribution in [3.8, 4) is 0 Å². The standard InChI is InChI=1S/C20H16O4/c21-18-17(19(22)24-20(23-18)12-5-13-20)11-4-9-15-8-3-7-14-6-1-2-10-16(14)15/h1-4,6-11H,5,12-13H2. The first-order valence-electron chi connectivity index (χ1n) is 8.00. The highest BCUT2D eigenvalue weighted by Gasteiger charge is 2.50. The lowest BCUT2D eigenvalue weighted by atomic mass is 9.90. The van der Waals surface area contributed by atoms with Crippen molar-refractivity contribution in [3.63, 3.8) is 0 Å². The second-order valence-corrected chi connectivity index (χ2v) is 6.05. The molecular weight excluding hydrogens is 304 g/mol. The third-order valence-electron chi connectivity index (χ3n) is 4.47. The zero-order valence-electron chi connectivity index (χ0n) is 13.0. The van der Waals surface area contributed by atoms with Gasteiger partial charge < -0.3 is 9.47 Å². The SMILES string of the molecule is O=C1OC2(CCC2)OC(=O)C1=CC=Cc1cccc2ccccc12. The molecule has 0 bridgehead atoms. The van der Waals surface area contributed by atoms with Crippen LogP contribution < -0.4 is 0 Å². The second-order valence-electron chi connectivity index (χ2n) is 6.05. The van der Waals surface area contributed by atoms with Gasteiger partial charge in [-0.05, 0) is 28.8 Å². The number of benzene rings is 2. The molecule has 24 heavy (non-hydrogen) atoms. The van der Waals surface area contributed by atoms with Gasteiger partial charge in [0, 0.05) is 12.8 Å². The molecule has 0 N–H and O–H groups in total. The molecule has 2 aromatic carbocycles. The van der Waals surface area contributed by atoms with Crippen LogP contribution in [0.2, 0.25) is 0 Å². The lowest BCUT2D eigenvalue weighted by Gasteiger charge is -2.42. The summed E-state index contributed by atoms with van der Waals surface area (Å²) < 4.78 is 10.6. The summed E-state index contributed by atoms with van der Waals surface area (Å²) in [6.07, 6.45) is 7.08. The molecule has 4 nitrogen and oxygen atoms in total. The second kappa shape index (κ2) is 5.64. The van der Waals surface area contributed by atoms with E-state index in [4.69, 9.17) is 9.47 Å². The predicted octanol–water partition coefficient (Wildman–Crippen LogP) is 3.76. The minimum Gasteiger partial charge on any atom is -0.419 e. The van der Waals surface area contributed by atoms with Crippen molar-refractivity contribution in [2.24, 2.45) is 0 Å². The Morgan fingerprint density at radius 2 is 1.62 bits per heavy atom. The lowest BCUT2D eigenvalue weighted by molar-refractivity contribution is -0.261. The molecule has 0 atom stereocenters. The lowest BCUT2D eigenvalue weighted by Crippen LogP contribution is -2.51. The van der Waals surface area contributed by atoms with Crippen LogP contribution in [0, 0.1) is 0 Å². The maximum atomic E-state index is 12.0. The molecular formula is C20H16O4. The highest BCUT2D eigenvalue weighted by atomic mass is 16.7.